The van der Waals surface area contributed by atoms with Crippen molar-refractivity contribution in [1.82, 2.24) is 4.90 Å². The van der Waals surface area contributed by atoms with Crippen LogP contribution < -0.4 is 0 Å². The van der Waals surface area contributed by atoms with Crippen molar-refractivity contribution in [2.45, 2.75) is 20.8 Å². The summed E-state index contributed by atoms with van der Waals surface area (Å²) in [5.41, 5.74) is 3.80. The van der Waals surface area contributed by atoms with Crippen LogP contribution in [0.4, 0.5) is 4.39 Å². The Morgan fingerprint density at radius 3 is 2.31 bits per heavy atom. The van der Waals surface area contributed by atoms with Crippen molar-refractivity contribution < 1.29 is 4.39 Å². The summed E-state index contributed by atoms with van der Waals surface area (Å²) in [7, 11) is 0. The monoisotopic (exact) mass is 433 g/mol. The lowest BCUT2D eigenvalue weighted by Gasteiger charge is -2.34. The molecule has 4 heteroatoms. The molecular formula is C22H22BrClFN. The van der Waals surface area contributed by atoms with Crippen LogP contribution in [0.5, 0.6) is 0 Å². The molecule has 2 aromatic carbocycles. The van der Waals surface area contributed by atoms with Gasteiger partial charge < -0.3 is 4.90 Å². The summed E-state index contributed by atoms with van der Waals surface area (Å²) >= 11 is 9.89. The average Bonchev–Trinajstić information content (AvgIpc) is 2.66. The number of benzene rings is 2. The summed E-state index contributed by atoms with van der Waals surface area (Å²) in [6.07, 6.45) is 1.86. The van der Waals surface area contributed by atoms with Crippen molar-refractivity contribution in [1.29, 1.82) is 0 Å². The lowest BCUT2D eigenvalue weighted by Crippen LogP contribution is -2.25. The Hall–Kier alpha value is -1.84. The predicted octanol–water partition coefficient (Wildman–Crippen LogP) is 7.45. The topological polar surface area (TPSA) is 3.24 Å². The van der Waals surface area contributed by atoms with Gasteiger partial charge in [-0.25, -0.2) is 4.39 Å². The summed E-state index contributed by atoms with van der Waals surface area (Å²) in [6.45, 7) is 10.7. The quantitative estimate of drug-likeness (QED) is 0.484. The van der Waals surface area contributed by atoms with Crippen molar-refractivity contribution in [3.63, 3.8) is 0 Å². The van der Waals surface area contributed by atoms with Crippen LogP contribution >= 0.6 is 27.5 Å². The van der Waals surface area contributed by atoms with Gasteiger partial charge in [-0.05, 0) is 46.6 Å². The molecule has 0 unspecified atom stereocenters. The van der Waals surface area contributed by atoms with Crippen LogP contribution in [-0.2, 0) is 0 Å². The Morgan fingerprint density at radius 2 is 1.73 bits per heavy atom. The minimum Gasteiger partial charge on any atom is -0.340 e. The summed E-state index contributed by atoms with van der Waals surface area (Å²) in [6, 6.07) is 14.8. The fourth-order valence-corrected chi connectivity index (χ4v) is 3.61. The molecule has 0 bridgehead atoms. The van der Waals surface area contributed by atoms with E-state index in [9.17, 15) is 4.39 Å². The zero-order valence-corrected chi connectivity index (χ0v) is 17.5. The zero-order valence-electron chi connectivity index (χ0n) is 15.2. The first-order valence-corrected chi connectivity index (χ1v) is 9.79. The van der Waals surface area contributed by atoms with Gasteiger partial charge in [0.1, 0.15) is 5.82 Å². The highest BCUT2D eigenvalue weighted by molar-refractivity contribution is 9.10. The van der Waals surface area contributed by atoms with Crippen LogP contribution in [0.25, 0.3) is 11.3 Å². The van der Waals surface area contributed by atoms with Crippen molar-refractivity contribution in [3.8, 4) is 0 Å². The van der Waals surface area contributed by atoms with Gasteiger partial charge in [0.2, 0.25) is 0 Å². The van der Waals surface area contributed by atoms with Gasteiger partial charge in [0, 0.05) is 22.2 Å². The molecule has 0 saturated heterocycles. The predicted molar refractivity (Wildman–Crippen MR) is 114 cm³/mol. The molecule has 136 valence electrons. The first-order chi connectivity index (χ1) is 12.5. The van der Waals surface area contributed by atoms with Crippen LogP contribution in [0.3, 0.4) is 0 Å². The molecule has 1 aliphatic rings. The van der Waals surface area contributed by atoms with E-state index in [0.717, 1.165) is 16.8 Å². The minimum atomic E-state index is -0.287. The van der Waals surface area contributed by atoms with E-state index in [-0.39, 0.29) is 5.82 Å². The van der Waals surface area contributed by atoms with Crippen molar-refractivity contribution >= 4 is 38.8 Å². The SMILES string of the molecule is C=C1C(Cl)=CC(c2ccccc2)=C(c2c(F)cccc2Br)N1CC.CC. The Kier molecular flexibility index (Phi) is 7.24. The summed E-state index contributed by atoms with van der Waals surface area (Å²) in [5, 5.41) is 0.562. The first kappa shape index (κ1) is 20.5. The number of hydrogen-bond acceptors (Lipinski definition) is 1. The highest BCUT2D eigenvalue weighted by Crippen LogP contribution is 2.42. The number of likely N-dealkylation sites (N-methyl/N-ethyl adjacent to an activating group) is 1. The lowest BCUT2D eigenvalue weighted by molar-refractivity contribution is 0.521. The molecule has 0 fully saturated rings. The summed E-state index contributed by atoms with van der Waals surface area (Å²) in [5.74, 6) is -0.287. The van der Waals surface area contributed by atoms with Gasteiger partial charge in [0.05, 0.1) is 16.4 Å². The maximum atomic E-state index is 14.7. The second kappa shape index (κ2) is 9.20. The third kappa shape index (κ3) is 3.94. The smallest absolute Gasteiger partial charge is 0.133 e. The standard InChI is InChI=1S/C20H16BrClFN.C2H6/c1-3-24-13(2)17(22)12-15(14-8-5-4-6-9-14)20(24)19-16(21)10-7-11-18(19)23;1-2/h4-12H,2-3H2,1H3;1-2H3. The molecule has 2 aromatic rings. The summed E-state index contributed by atoms with van der Waals surface area (Å²) < 4.78 is 15.4. The van der Waals surface area contributed by atoms with Crippen LogP contribution in [-0.4, -0.2) is 11.4 Å². The van der Waals surface area contributed by atoms with Crippen LogP contribution in [0, 0.1) is 5.82 Å². The Balaban J connectivity index is 0.00000117. The van der Waals surface area contributed by atoms with E-state index in [1.54, 1.807) is 6.07 Å². The fraction of sp³-hybridized carbons (Fsp3) is 0.182. The van der Waals surface area contributed by atoms with E-state index >= 15 is 0 Å². The van der Waals surface area contributed by atoms with E-state index in [0.29, 0.717) is 27.3 Å². The Labute approximate surface area is 168 Å². The molecule has 0 amide bonds. The Bertz CT molecular complexity index is 835. The van der Waals surface area contributed by atoms with Gasteiger partial charge in [-0.3, -0.25) is 0 Å². The number of allylic oxidation sites excluding steroid dienone is 3. The molecule has 0 atom stereocenters. The van der Waals surface area contributed by atoms with Gasteiger partial charge in [0.15, 0.2) is 0 Å². The molecular weight excluding hydrogens is 413 g/mol. The van der Waals surface area contributed by atoms with Crippen LogP contribution in [0.2, 0.25) is 0 Å². The third-order valence-corrected chi connectivity index (χ3v) is 4.99. The van der Waals surface area contributed by atoms with Crippen LogP contribution in [0.1, 0.15) is 31.9 Å². The molecule has 0 spiro atoms. The first-order valence-electron chi connectivity index (χ1n) is 8.62. The molecule has 3 rings (SSSR count). The molecule has 1 heterocycles. The summed E-state index contributed by atoms with van der Waals surface area (Å²) in [4.78, 5) is 1.95. The normalized spacial score (nSPS) is 14.0. The van der Waals surface area contributed by atoms with Gasteiger partial charge in [-0.15, -0.1) is 0 Å². The van der Waals surface area contributed by atoms with Gasteiger partial charge in [-0.2, -0.15) is 0 Å². The van der Waals surface area contributed by atoms with E-state index in [2.05, 4.69) is 22.5 Å². The van der Waals surface area contributed by atoms with E-state index in [4.69, 9.17) is 11.6 Å². The van der Waals surface area contributed by atoms with E-state index < -0.39 is 0 Å². The molecule has 0 radical (unpaired) electrons. The third-order valence-electron chi connectivity index (χ3n) is 4.00. The number of rotatable bonds is 3. The molecule has 1 nitrogen and oxygen atoms in total. The molecule has 1 aliphatic heterocycles. The molecule has 0 aliphatic carbocycles. The molecule has 0 saturated carbocycles. The van der Waals surface area contributed by atoms with Gasteiger partial charge >= 0.3 is 0 Å². The Morgan fingerprint density at radius 1 is 1.08 bits per heavy atom. The van der Waals surface area contributed by atoms with Crippen molar-refractivity contribution in [2.24, 2.45) is 0 Å². The number of nitrogens with zero attached hydrogens (tertiary/aromatic N) is 1. The number of hydrogen-bond donors (Lipinski definition) is 0. The van der Waals surface area contributed by atoms with Crippen LogP contribution in [0.15, 0.2) is 76.4 Å². The van der Waals surface area contributed by atoms with Crippen molar-refractivity contribution in [2.75, 3.05) is 6.54 Å². The van der Waals surface area contributed by atoms with E-state index in [1.165, 1.54) is 6.07 Å². The zero-order chi connectivity index (χ0) is 19.3. The fourth-order valence-electron chi connectivity index (χ4n) is 2.87. The minimum absolute atomic E-state index is 0.287. The lowest BCUT2D eigenvalue weighted by atomic mass is 9.94. The molecule has 26 heavy (non-hydrogen) atoms. The largest absolute Gasteiger partial charge is 0.340 e. The molecule has 0 aromatic heterocycles. The second-order valence-corrected chi connectivity index (χ2v) is 6.67. The highest BCUT2D eigenvalue weighted by atomic mass is 79.9. The highest BCUT2D eigenvalue weighted by Gasteiger charge is 2.27. The molecule has 0 N–H and O–H groups in total. The van der Waals surface area contributed by atoms with Gasteiger partial charge in [-0.1, -0.05) is 68.4 Å². The van der Waals surface area contributed by atoms with Crippen molar-refractivity contribution in [3.05, 3.63) is 93.3 Å². The maximum Gasteiger partial charge on any atom is 0.133 e. The average molecular weight is 435 g/mol. The van der Waals surface area contributed by atoms with Gasteiger partial charge in [0.25, 0.3) is 0 Å². The van der Waals surface area contributed by atoms with E-state index in [1.807, 2.05) is 68.1 Å². The second-order valence-electron chi connectivity index (χ2n) is 5.41. The number of halogens is 3. The maximum absolute atomic E-state index is 14.7.